The molecule has 1 rings (SSSR count). The molecule has 1 aromatic carbocycles. The second kappa shape index (κ2) is 8.81. The van der Waals surface area contributed by atoms with Crippen LogP contribution in [0.4, 0.5) is 0 Å². The van der Waals surface area contributed by atoms with Crippen molar-refractivity contribution in [3.8, 4) is 11.5 Å². The van der Waals surface area contributed by atoms with Gasteiger partial charge in [-0.15, -0.1) is 0 Å². The van der Waals surface area contributed by atoms with Gasteiger partial charge in [0.15, 0.2) is 0 Å². The Balaban J connectivity index is 2.71. The molecule has 0 aliphatic carbocycles. The molecule has 3 nitrogen and oxygen atoms in total. The number of ether oxygens (including phenoxy) is 2. The highest BCUT2D eigenvalue weighted by atomic mass is 16.5. The maximum Gasteiger partial charge on any atom is 0.127 e. The largest absolute Gasteiger partial charge is 0.497 e. The Kier molecular flexibility index (Phi) is 7.34. The molecular weight excluding hydrogens is 238 g/mol. The van der Waals surface area contributed by atoms with Gasteiger partial charge in [0.2, 0.25) is 0 Å². The molecule has 0 saturated heterocycles. The van der Waals surface area contributed by atoms with Gasteiger partial charge in [-0.05, 0) is 24.9 Å². The van der Waals surface area contributed by atoms with Crippen LogP contribution in [0, 0.1) is 5.92 Å². The standard InChI is InChI=1S/C16H27NO2/c1-5-9-17-11-14-7-8-15(18-4)10-16(14)19-12-13(3)6-2/h7-8,10,13,17H,5-6,9,11-12H2,1-4H3. The van der Waals surface area contributed by atoms with Gasteiger partial charge in [-0.1, -0.05) is 33.3 Å². The van der Waals surface area contributed by atoms with Crippen LogP contribution in [0.2, 0.25) is 0 Å². The number of rotatable bonds is 9. The Morgan fingerprint density at radius 3 is 2.68 bits per heavy atom. The number of methoxy groups -OCH3 is 1. The molecule has 0 aliphatic rings. The molecule has 1 N–H and O–H groups in total. The second-order valence-electron chi connectivity index (χ2n) is 4.97. The highest BCUT2D eigenvalue weighted by molar-refractivity contribution is 5.40. The maximum absolute atomic E-state index is 5.94. The highest BCUT2D eigenvalue weighted by Gasteiger charge is 2.07. The topological polar surface area (TPSA) is 30.5 Å². The molecule has 1 aromatic rings. The fourth-order valence-electron chi connectivity index (χ4n) is 1.69. The normalized spacial score (nSPS) is 12.2. The lowest BCUT2D eigenvalue weighted by atomic mass is 10.1. The van der Waals surface area contributed by atoms with Crippen LogP contribution in [0.1, 0.15) is 39.2 Å². The molecule has 0 radical (unpaired) electrons. The minimum atomic E-state index is 0.572. The molecule has 108 valence electrons. The van der Waals surface area contributed by atoms with Crippen LogP contribution in [-0.4, -0.2) is 20.3 Å². The summed E-state index contributed by atoms with van der Waals surface area (Å²) >= 11 is 0. The van der Waals surface area contributed by atoms with Gasteiger partial charge in [0.25, 0.3) is 0 Å². The van der Waals surface area contributed by atoms with Gasteiger partial charge in [-0.2, -0.15) is 0 Å². The zero-order chi connectivity index (χ0) is 14.1. The molecule has 19 heavy (non-hydrogen) atoms. The van der Waals surface area contributed by atoms with E-state index in [0.29, 0.717) is 5.92 Å². The molecule has 0 saturated carbocycles. The molecule has 0 aliphatic heterocycles. The van der Waals surface area contributed by atoms with E-state index >= 15 is 0 Å². The van der Waals surface area contributed by atoms with Crippen LogP contribution >= 0.6 is 0 Å². The third-order valence-corrected chi connectivity index (χ3v) is 3.24. The Hall–Kier alpha value is -1.22. The number of benzene rings is 1. The van der Waals surface area contributed by atoms with Crippen LogP contribution < -0.4 is 14.8 Å². The zero-order valence-corrected chi connectivity index (χ0v) is 12.7. The average molecular weight is 265 g/mol. The first-order chi connectivity index (χ1) is 9.21. The van der Waals surface area contributed by atoms with Crippen molar-refractivity contribution in [1.82, 2.24) is 5.32 Å². The fourth-order valence-corrected chi connectivity index (χ4v) is 1.69. The molecule has 0 spiro atoms. The molecule has 0 fully saturated rings. The summed E-state index contributed by atoms with van der Waals surface area (Å²) in [5, 5.41) is 3.41. The molecule has 0 bridgehead atoms. The summed E-state index contributed by atoms with van der Waals surface area (Å²) < 4.78 is 11.2. The summed E-state index contributed by atoms with van der Waals surface area (Å²) in [6, 6.07) is 6.04. The van der Waals surface area contributed by atoms with E-state index in [-0.39, 0.29) is 0 Å². The monoisotopic (exact) mass is 265 g/mol. The van der Waals surface area contributed by atoms with Gasteiger partial charge in [-0.3, -0.25) is 0 Å². The third-order valence-electron chi connectivity index (χ3n) is 3.24. The molecule has 1 atom stereocenters. The minimum Gasteiger partial charge on any atom is -0.497 e. The van der Waals surface area contributed by atoms with Crippen molar-refractivity contribution in [2.45, 2.75) is 40.2 Å². The number of hydrogen-bond donors (Lipinski definition) is 1. The first kappa shape index (κ1) is 15.8. The maximum atomic E-state index is 5.94. The van der Waals surface area contributed by atoms with Crippen LogP contribution in [0.3, 0.4) is 0 Å². The SMILES string of the molecule is CCCNCc1ccc(OC)cc1OCC(C)CC. The summed E-state index contributed by atoms with van der Waals surface area (Å²) in [7, 11) is 1.68. The number of hydrogen-bond acceptors (Lipinski definition) is 3. The van der Waals surface area contributed by atoms with Crippen LogP contribution in [-0.2, 0) is 6.54 Å². The van der Waals surface area contributed by atoms with E-state index in [1.807, 2.05) is 12.1 Å². The Labute approximate surface area is 117 Å². The van der Waals surface area contributed by atoms with Gasteiger partial charge in [0.05, 0.1) is 13.7 Å². The van der Waals surface area contributed by atoms with E-state index in [1.54, 1.807) is 7.11 Å². The Bertz CT molecular complexity index is 366. The first-order valence-corrected chi connectivity index (χ1v) is 7.21. The van der Waals surface area contributed by atoms with Crippen molar-refractivity contribution in [3.05, 3.63) is 23.8 Å². The van der Waals surface area contributed by atoms with E-state index in [0.717, 1.165) is 44.0 Å². The van der Waals surface area contributed by atoms with Crippen molar-refractivity contribution >= 4 is 0 Å². The average Bonchev–Trinajstić information content (AvgIpc) is 2.45. The summed E-state index contributed by atoms with van der Waals surface area (Å²) in [5.41, 5.74) is 1.19. The van der Waals surface area contributed by atoms with Gasteiger partial charge in [0, 0.05) is 18.2 Å². The quantitative estimate of drug-likeness (QED) is 0.692. The Morgan fingerprint density at radius 1 is 1.26 bits per heavy atom. The van der Waals surface area contributed by atoms with Crippen LogP contribution in [0.25, 0.3) is 0 Å². The molecule has 0 heterocycles. The molecule has 3 heteroatoms. The van der Waals surface area contributed by atoms with E-state index in [2.05, 4.69) is 32.2 Å². The predicted octanol–water partition coefficient (Wildman–Crippen LogP) is 3.62. The highest BCUT2D eigenvalue weighted by Crippen LogP contribution is 2.25. The van der Waals surface area contributed by atoms with Gasteiger partial charge >= 0.3 is 0 Å². The molecular formula is C16H27NO2. The van der Waals surface area contributed by atoms with Crippen molar-refractivity contribution in [1.29, 1.82) is 0 Å². The Morgan fingerprint density at radius 2 is 2.05 bits per heavy atom. The van der Waals surface area contributed by atoms with E-state index in [9.17, 15) is 0 Å². The predicted molar refractivity (Wildman–Crippen MR) is 79.9 cm³/mol. The summed E-state index contributed by atoms with van der Waals surface area (Å²) in [6.07, 6.45) is 2.27. The lowest BCUT2D eigenvalue weighted by Gasteiger charge is -2.16. The summed E-state index contributed by atoms with van der Waals surface area (Å²) in [5.74, 6) is 2.35. The smallest absolute Gasteiger partial charge is 0.127 e. The van der Waals surface area contributed by atoms with Gasteiger partial charge in [-0.25, -0.2) is 0 Å². The van der Waals surface area contributed by atoms with Crippen molar-refractivity contribution < 1.29 is 9.47 Å². The van der Waals surface area contributed by atoms with Gasteiger partial charge < -0.3 is 14.8 Å². The summed E-state index contributed by atoms with van der Waals surface area (Å²) in [6.45, 7) is 9.18. The molecule has 0 amide bonds. The van der Waals surface area contributed by atoms with Crippen molar-refractivity contribution in [2.24, 2.45) is 5.92 Å². The van der Waals surface area contributed by atoms with Gasteiger partial charge in [0.1, 0.15) is 11.5 Å². The van der Waals surface area contributed by atoms with E-state index in [1.165, 1.54) is 5.56 Å². The van der Waals surface area contributed by atoms with E-state index < -0.39 is 0 Å². The van der Waals surface area contributed by atoms with Crippen molar-refractivity contribution in [3.63, 3.8) is 0 Å². The van der Waals surface area contributed by atoms with Crippen LogP contribution in [0.5, 0.6) is 11.5 Å². The first-order valence-electron chi connectivity index (χ1n) is 7.21. The third kappa shape index (κ3) is 5.52. The van der Waals surface area contributed by atoms with Crippen molar-refractivity contribution in [2.75, 3.05) is 20.3 Å². The summed E-state index contributed by atoms with van der Waals surface area (Å²) in [4.78, 5) is 0. The lowest BCUT2D eigenvalue weighted by molar-refractivity contribution is 0.252. The second-order valence-corrected chi connectivity index (χ2v) is 4.97. The number of nitrogens with one attached hydrogen (secondary N) is 1. The fraction of sp³-hybridized carbons (Fsp3) is 0.625. The lowest BCUT2D eigenvalue weighted by Crippen LogP contribution is -2.15. The van der Waals surface area contributed by atoms with Crippen LogP contribution in [0.15, 0.2) is 18.2 Å². The molecule has 0 aromatic heterocycles. The van der Waals surface area contributed by atoms with E-state index in [4.69, 9.17) is 9.47 Å². The zero-order valence-electron chi connectivity index (χ0n) is 12.7. The molecule has 1 unspecified atom stereocenters. The minimum absolute atomic E-state index is 0.572.